The second-order valence-corrected chi connectivity index (χ2v) is 3.30. The average molecular weight is 161 g/mol. The molecular formula is C9H11N3. The minimum atomic E-state index is 0.187. The predicted octanol–water partition coefficient (Wildman–Crippen LogP) is 1.43. The molecule has 0 aliphatic heterocycles. The first kappa shape index (κ1) is 7.35. The first-order chi connectivity index (χ1) is 5.90. The highest BCUT2D eigenvalue weighted by atomic mass is 15.1. The molecule has 0 fully saturated rings. The third-order valence-electron chi connectivity index (χ3n) is 2.44. The van der Waals surface area contributed by atoms with E-state index < -0.39 is 0 Å². The van der Waals surface area contributed by atoms with Crippen molar-refractivity contribution in [2.45, 2.75) is 25.7 Å². The lowest BCUT2D eigenvalue weighted by molar-refractivity contribution is 0.585. The number of nitriles is 1. The fourth-order valence-electron chi connectivity index (χ4n) is 1.73. The molecule has 0 unspecified atom stereocenters. The Hall–Kier alpha value is -1.30. The summed E-state index contributed by atoms with van der Waals surface area (Å²) in [6, 6.07) is 2.33. The normalized spacial score (nSPS) is 22.4. The van der Waals surface area contributed by atoms with E-state index in [-0.39, 0.29) is 5.92 Å². The van der Waals surface area contributed by atoms with E-state index in [0.29, 0.717) is 0 Å². The number of nitrogens with zero attached hydrogens (tertiary/aromatic N) is 2. The van der Waals surface area contributed by atoms with E-state index in [9.17, 15) is 0 Å². The quantitative estimate of drug-likeness (QED) is 0.585. The third kappa shape index (κ3) is 1.20. The van der Waals surface area contributed by atoms with Crippen molar-refractivity contribution in [3.63, 3.8) is 0 Å². The summed E-state index contributed by atoms with van der Waals surface area (Å²) >= 11 is 0. The number of rotatable bonds is 0. The van der Waals surface area contributed by atoms with Crippen LogP contribution in [0.1, 0.15) is 24.1 Å². The number of hydrogen-bond acceptors (Lipinski definition) is 2. The maximum atomic E-state index is 8.79. The number of aryl methyl sites for hydroxylation is 1. The maximum Gasteiger partial charge on any atom is 0.0659 e. The molecule has 0 saturated heterocycles. The zero-order valence-corrected chi connectivity index (χ0v) is 6.88. The van der Waals surface area contributed by atoms with E-state index in [4.69, 9.17) is 5.26 Å². The van der Waals surface area contributed by atoms with Crippen molar-refractivity contribution in [3.05, 3.63) is 17.5 Å². The molecule has 2 rings (SSSR count). The molecule has 0 radical (unpaired) electrons. The van der Waals surface area contributed by atoms with Crippen LogP contribution in [0.2, 0.25) is 0 Å². The second kappa shape index (κ2) is 2.98. The fourth-order valence-corrected chi connectivity index (χ4v) is 1.73. The molecule has 62 valence electrons. The molecule has 1 heterocycles. The topological polar surface area (TPSA) is 52.5 Å². The van der Waals surface area contributed by atoms with Gasteiger partial charge in [0.25, 0.3) is 0 Å². The van der Waals surface area contributed by atoms with Gasteiger partial charge in [-0.25, -0.2) is 0 Å². The van der Waals surface area contributed by atoms with Gasteiger partial charge in [0.2, 0.25) is 0 Å². The van der Waals surface area contributed by atoms with Crippen LogP contribution in [0, 0.1) is 17.2 Å². The predicted molar refractivity (Wildman–Crippen MR) is 44.3 cm³/mol. The van der Waals surface area contributed by atoms with E-state index >= 15 is 0 Å². The van der Waals surface area contributed by atoms with Gasteiger partial charge in [0.1, 0.15) is 0 Å². The van der Waals surface area contributed by atoms with Crippen LogP contribution in [-0.2, 0) is 12.8 Å². The van der Waals surface area contributed by atoms with E-state index in [1.807, 2.05) is 6.20 Å². The highest BCUT2D eigenvalue weighted by Gasteiger charge is 2.16. The molecule has 0 bridgehead atoms. The zero-order valence-electron chi connectivity index (χ0n) is 6.88. The first-order valence-electron chi connectivity index (χ1n) is 4.31. The lowest BCUT2D eigenvalue weighted by atomic mass is 10.0. The monoisotopic (exact) mass is 161 g/mol. The van der Waals surface area contributed by atoms with Crippen molar-refractivity contribution in [3.8, 4) is 6.07 Å². The lowest BCUT2D eigenvalue weighted by Crippen LogP contribution is -2.00. The Balaban J connectivity index is 2.25. The Morgan fingerprint density at radius 2 is 2.58 bits per heavy atom. The zero-order chi connectivity index (χ0) is 8.39. The van der Waals surface area contributed by atoms with Gasteiger partial charge in [0, 0.05) is 12.1 Å². The lowest BCUT2D eigenvalue weighted by Gasteiger charge is -2.01. The van der Waals surface area contributed by atoms with Gasteiger partial charge in [-0.2, -0.15) is 10.4 Å². The van der Waals surface area contributed by atoms with Crippen molar-refractivity contribution in [2.24, 2.45) is 5.92 Å². The van der Waals surface area contributed by atoms with Crippen LogP contribution in [0.15, 0.2) is 6.20 Å². The van der Waals surface area contributed by atoms with E-state index in [1.54, 1.807) is 0 Å². The Morgan fingerprint density at radius 3 is 3.42 bits per heavy atom. The van der Waals surface area contributed by atoms with Crippen molar-refractivity contribution in [2.75, 3.05) is 0 Å². The highest BCUT2D eigenvalue weighted by Crippen LogP contribution is 2.21. The van der Waals surface area contributed by atoms with E-state index in [1.165, 1.54) is 11.3 Å². The molecule has 0 spiro atoms. The molecule has 1 aromatic rings. The smallest absolute Gasteiger partial charge is 0.0659 e. The van der Waals surface area contributed by atoms with Crippen LogP contribution in [0.3, 0.4) is 0 Å². The Morgan fingerprint density at radius 1 is 1.67 bits per heavy atom. The summed E-state index contributed by atoms with van der Waals surface area (Å²) in [4.78, 5) is 0. The number of H-pyrrole nitrogens is 1. The molecule has 12 heavy (non-hydrogen) atoms. The number of aromatic amines is 1. The summed E-state index contributed by atoms with van der Waals surface area (Å²) in [6.07, 6.45) is 5.95. The molecular weight excluding hydrogens is 150 g/mol. The summed E-state index contributed by atoms with van der Waals surface area (Å²) in [7, 11) is 0. The first-order valence-corrected chi connectivity index (χ1v) is 4.31. The summed E-state index contributed by atoms with van der Waals surface area (Å²) < 4.78 is 0. The van der Waals surface area contributed by atoms with Crippen LogP contribution >= 0.6 is 0 Å². The van der Waals surface area contributed by atoms with Gasteiger partial charge in [0.15, 0.2) is 0 Å². The molecule has 1 N–H and O–H groups in total. The van der Waals surface area contributed by atoms with Gasteiger partial charge < -0.3 is 0 Å². The van der Waals surface area contributed by atoms with Crippen LogP contribution in [0.5, 0.6) is 0 Å². The molecule has 0 amide bonds. The van der Waals surface area contributed by atoms with Crippen LogP contribution in [0.25, 0.3) is 0 Å². The Kier molecular flexibility index (Phi) is 1.83. The van der Waals surface area contributed by atoms with Crippen molar-refractivity contribution >= 4 is 0 Å². The number of nitrogens with one attached hydrogen (secondary N) is 1. The second-order valence-electron chi connectivity index (χ2n) is 3.30. The fraction of sp³-hybridized carbons (Fsp3) is 0.556. The van der Waals surface area contributed by atoms with Crippen molar-refractivity contribution < 1.29 is 0 Å². The van der Waals surface area contributed by atoms with Gasteiger partial charge in [0.05, 0.1) is 18.2 Å². The van der Waals surface area contributed by atoms with Crippen molar-refractivity contribution in [1.29, 1.82) is 5.26 Å². The van der Waals surface area contributed by atoms with Gasteiger partial charge in [-0.3, -0.25) is 5.10 Å². The number of hydrogen-bond donors (Lipinski definition) is 1. The summed E-state index contributed by atoms with van der Waals surface area (Å²) in [6.45, 7) is 0. The van der Waals surface area contributed by atoms with Crippen LogP contribution < -0.4 is 0 Å². The van der Waals surface area contributed by atoms with Gasteiger partial charge in [-0.05, 0) is 24.8 Å². The maximum absolute atomic E-state index is 8.79. The molecule has 1 aromatic heterocycles. The van der Waals surface area contributed by atoms with E-state index in [0.717, 1.165) is 25.7 Å². The van der Waals surface area contributed by atoms with Crippen LogP contribution in [0.4, 0.5) is 0 Å². The minimum absolute atomic E-state index is 0.187. The standard InChI is InChI=1S/C9H11N3/c10-5-7-2-1-3-8-6-11-12-9(8)4-7/h6-7H,1-4H2,(H,11,12)/t7-/m0/s1. The highest BCUT2D eigenvalue weighted by molar-refractivity contribution is 5.19. The molecule has 1 aliphatic carbocycles. The Bertz CT molecular complexity index is 308. The largest absolute Gasteiger partial charge is 0.282 e. The molecule has 0 aromatic carbocycles. The number of fused-ring (bicyclic) bond motifs is 1. The molecule has 1 atom stereocenters. The summed E-state index contributed by atoms with van der Waals surface area (Å²) in [5.41, 5.74) is 2.46. The summed E-state index contributed by atoms with van der Waals surface area (Å²) in [5.74, 6) is 0.187. The average Bonchev–Trinajstić information content (AvgIpc) is 2.43. The van der Waals surface area contributed by atoms with E-state index in [2.05, 4.69) is 16.3 Å². The third-order valence-corrected chi connectivity index (χ3v) is 2.44. The van der Waals surface area contributed by atoms with Gasteiger partial charge in [-0.15, -0.1) is 0 Å². The Labute approximate surface area is 71.4 Å². The summed E-state index contributed by atoms with van der Waals surface area (Å²) in [5, 5.41) is 15.7. The minimum Gasteiger partial charge on any atom is -0.282 e. The molecule has 0 saturated carbocycles. The molecule has 3 heteroatoms. The molecule has 1 aliphatic rings. The van der Waals surface area contributed by atoms with Gasteiger partial charge in [-0.1, -0.05) is 0 Å². The number of aromatic nitrogens is 2. The SMILES string of the molecule is N#C[C@H]1CCCc2cn[nH]c2C1. The molecule has 3 nitrogen and oxygen atoms in total. The van der Waals surface area contributed by atoms with Crippen molar-refractivity contribution in [1.82, 2.24) is 10.2 Å². The van der Waals surface area contributed by atoms with Gasteiger partial charge >= 0.3 is 0 Å². The van der Waals surface area contributed by atoms with Crippen LogP contribution in [-0.4, -0.2) is 10.2 Å².